The van der Waals surface area contributed by atoms with Crippen molar-refractivity contribution in [2.45, 2.75) is 33.7 Å². The topological polar surface area (TPSA) is 83.3 Å². The van der Waals surface area contributed by atoms with Crippen LogP contribution in [-0.4, -0.2) is 56.5 Å². The molecule has 2 aromatic carbocycles. The highest BCUT2D eigenvalue weighted by Gasteiger charge is 2.44. The van der Waals surface area contributed by atoms with Crippen LogP contribution in [0.15, 0.2) is 48.0 Å². The summed E-state index contributed by atoms with van der Waals surface area (Å²) >= 11 is 0. The largest absolute Gasteiger partial charge is 0.872 e. The fourth-order valence-electron chi connectivity index (χ4n) is 4.42. The van der Waals surface area contributed by atoms with Crippen LogP contribution < -0.4 is 19.5 Å². The van der Waals surface area contributed by atoms with E-state index >= 15 is 0 Å². The van der Waals surface area contributed by atoms with Gasteiger partial charge in [-0.3, -0.25) is 9.59 Å². The molecular formula is C27H34N2O5. The summed E-state index contributed by atoms with van der Waals surface area (Å²) in [5, 5.41) is 13.6. The molecule has 1 aliphatic heterocycles. The van der Waals surface area contributed by atoms with E-state index in [9.17, 15) is 14.7 Å². The van der Waals surface area contributed by atoms with E-state index < -0.39 is 23.5 Å². The van der Waals surface area contributed by atoms with Gasteiger partial charge < -0.3 is 24.4 Å². The Kier molecular flexibility index (Phi) is 8.34. The molecule has 0 aliphatic carbocycles. The van der Waals surface area contributed by atoms with Crippen molar-refractivity contribution in [3.05, 3.63) is 64.7 Å². The number of benzene rings is 2. The van der Waals surface area contributed by atoms with Gasteiger partial charge in [0.05, 0.1) is 45.9 Å². The third kappa shape index (κ3) is 5.09. The molecule has 1 N–H and O–H groups in total. The lowest BCUT2D eigenvalue weighted by molar-refractivity contribution is -0.895. The van der Waals surface area contributed by atoms with E-state index in [0.29, 0.717) is 42.3 Å². The highest BCUT2D eigenvalue weighted by atomic mass is 16.5. The second kappa shape index (κ2) is 11.2. The number of nitrogens with zero attached hydrogens (tertiary/aromatic N) is 1. The first-order valence-corrected chi connectivity index (χ1v) is 11.8. The number of ketones is 1. The van der Waals surface area contributed by atoms with Gasteiger partial charge in [0.1, 0.15) is 11.5 Å². The van der Waals surface area contributed by atoms with Crippen LogP contribution in [0.3, 0.4) is 0 Å². The van der Waals surface area contributed by atoms with Crippen LogP contribution in [0.4, 0.5) is 0 Å². The van der Waals surface area contributed by atoms with Gasteiger partial charge in [0.15, 0.2) is 0 Å². The Hall–Kier alpha value is -3.32. The number of rotatable bonds is 10. The first-order valence-electron chi connectivity index (χ1n) is 11.8. The number of likely N-dealkylation sites (N-methyl/N-ethyl adjacent to an activating group) is 1. The van der Waals surface area contributed by atoms with Crippen molar-refractivity contribution < 1.29 is 29.1 Å². The number of hydrogen-bond acceptors (Lipinski definition) is 5. The maximum Gasteiger partial charge on any atom is 0.295 e. The third-order valence-corrected chi connectivity index (χ3v) is 6.40. The maximum absolute atomic E-state index is 13.6. The van der Waals surface area contributed by atoms with E-state index in [1.807, 2.05) is 26.0 Å². The quantitative estimate of drug-likeness (QED) is 0.326. The molecule has 34 heavy (non-hydrogen) atoms. The summed E-state index contributed by atoms with van der Waals surface area (Å²) in [5.74, 6) is -0.437. The lowest BCUT2D eigenvalue weighted by atomic mass is 9.94. The van der Waals surface area contributed by atoms with Crippen molar-refractivity contribution in [3.8, 4) is 11.5 Å². The molecule has 1 heterocycles. The zero-order valence-electron chi connectivity index (χ0n) is 20.6. The zero-order valence-corrected chi connectivity index (χ0v) is 20.6. The van der Waals surface area contributed by atoms with Gasteiger partial charge >= 0.3 is 0 Å². The van der Waals surface area contributed by atoms with Crippen LogP contribution in [0.25, 0.3) is 5.76 Å². The molecule has 1 aliphatic rings. The van der Waals surface area contributed by atoms with Crippen LogP contribution in [0, 0.1) is 6.92 Å². The Balaban J connectivity index is 2.09. The summed E-state index contributed by atoms with van der Waals surface area (Å²) in [5.41, 5.74) is 1.85. The second-order valence-electron chi connectivity index (χ2n) is 8.37. The number of quaternary nitrogens is 1. The summed E-state index contributed by atoms with van der Waals surface area (Å²) in [4.78, 5) is 29.1. The molecule has 1 saturated heterocycles. The predicted octanol–water partition coefficient (Wildman–Crippen LogP) is 1.55. The fourth-order valence-corrected chi connectivity index (χ4v) is 4.42. The van der Waals surface area contributed by atoms with Crippen LogP contribution in [0.5, 0.6) is 11.5 Å². The molecule has 1 fully saturated rings. The Morgan fingerprint density at radius 2 is 1.74 bits per heavy atom. The smallest absolute Gasteiger partial charge is 0.295 e. The average molecular weight is 467 g/mol. The summed E-state index contributed by atoms with van der Waals surface area (Å²) < 4.78 is 10.8. The van der Waals surface area contributed by atoms with Crippen molar-refractivity contribution in [1.82, 2.24) is 4.90 Å². The second-order valence-corrected chi connectivity index (χ2v) is 8.37. The van der Waals surface area contributed by atoms with E-state index in [0.717, 1.165) is 18.7 Å². The molecule has 2 aromatic rings. The Morgan fingerprint density at radius 1 is 1.06 bits per heavy atom. The SMILES string of the molecule is CCOc1ccc(C2/C(=C(\[O-])c3ccc(OC)c(C)c3)C(=O)C(=O)N2CC[NH+](CC)CC)cc1. The van der Waals surface area contributed by atoms with Gasteiger partial charge in [0, 0.05) is 5.57 Å². The standard InChI is InChI=1S/C27H34N2O5/c1-6-28(7-2)15-16-29-24(19-9-12-21(13-10-19)34-8-3)23(26(31)27(29)32)25(30)20-11-14-22(33-5)18(4)17-20/h9-14,17,24,30H,6-8,15-16H2,1-5H3/b25-23+. The van der Waals surface area contributed by atoms with Crippen molar-refractivity contribution in [2.24, 2.45) is 0 Å². The number of amides is 1. The lowest BCUT2D eigenvalue weighted by Crippen LogP contribution is -3.12. The van der Waals surface area contributed by atoms with Crippen molar-refractivity contribution in [1.29, 1.82) is 0 Å². The Labute approximate surface area is 201 Å². The summed E-state index contributed by atoms with van der Waals surface area (Å²) in [6.07, 6.45) is 0. The van der Waals surface area contributed by atoms with Gasteiger partial charge in [-0.05, 0) is 68.7 Å². The number of ether oxygens (including phenoxy) is 2. The molecule has 0 spiro atoms. The number of aryl methyl sites for hydroxylation is 1. The molecule has 3 rings (SSSR count). The van der Waals surface area contributed by atoms with Gasteiger partial charge in [-0.2, -0.15) is 0 Å². The van der Waals surface area contributed by atoms with E-state index in [-0.39, 0.29) is 5.57 Å². The number of Topliss-reactive ketones (excluding diaryl/α,β-unsaturated/α-hetero) is 1. The van der Waals surface area contributed by atoms with E-state index in [4.69, 9.17) is 9.47 Å². The molecule has 0 radical (unpaired) electrons. The van der Waals surface area contributed by atoms with Gasteiger partial charge in [-0.1, -0.05) is 24.0 Å². The molecular weight excluding hydrogens is 432 g/mol. The molecule has 7 nitrogen and oxygen atoms in total. The summed E-state index contributed by atoms with van der Waals surface area (Å²) in [6.45, 7) is 11.4. The minimum absolute atomic E-state index is 0.00623. The average Bonchev–Trinajstić information content (AvgIpc) is 3.10. The van der Waals surface area contributed by atoms with Crippen molar-refractivity contribution in [3.63, 3.8) is 0 Å². The normalized spacial score (nSPS) is 17.5. The van der Waals surface area contributed by atoms with Gasteiger partial charge in [-0.25, -0.2) is 0 Å². The number of nitrogens with one attached hydrogen (secondary N) is 1. The highest BCUT2D eigenvalue weighted by molar-refractivity contribution is 6.46. The Morgan fingerprint density at radius 3 is 2.29 bits per heavy atom. The molecule has 1 amide bonds. The molecule has 1 unspecified atom stereocenters. The minimum atomic E-state index is -0.736. The summed E-state index contributed by atoms with van der Waals surface area (Å²) in [6, 6.07) is 11.6. The zero-order chi connectivity index (χ0) is 24.8. The fraction of sp³-hybridized carbons (Fsp3) is 0.407. The van der Waals surface area contributed by atoms with E-state index in [1.165, 1.54) is 4.90 Å². The Bertz CT molecular complexity index is 1060. The monoisotopic (exact) mass is 466 g/mol. The minimum Gasteiger partial charge on any atom is -0.872 e. The van der Waals surface area contributed by atoms with Gasteiger partial charge in [0.2, 0.25) is 5.78 Å². The van der Waals surface area contributed by atoms with Gasteiger partial charge in [0.25, 0.3) is 5.91 Å². The van der Waals surface area contributed by atoms with Crippen LogP contribution >= 0.6 is 0 Å². The maximum atomic E-state index is 13.6. The van der Waals surface area contributed by atoms with E-state index in [1.54, 1.807) is 42.3 Å². The number of hydrogen-bond donors (Lipinski definition) is 1. The summed E-state index contributed by atoms with van der Waals surface area (Å²) in [7, 11) is 1.56. The van der Waals surface area contributed by atoms with Crippen LogP contribution in [0.1, 0.15) is 43.5 Å². The van der Waals surface area contributed by atoms with Crippen molar-refractivity contribution in [2.75, 3.05) is 39.9 Å². The lowest BCUT2D eigenvalue weighted by Gasteiger charge is -2.28. The first kappa shape index (κ1) is 25.3. The number of carbonyl (C=O) groups excluding carboxylic acids is 2. The van der Waals surface area contributed by atoms with Crippen molar-refractivity contribution >= 4 is 17.4 Å². The molecule has 1 atom stereocenters. The molecule has 182 valence electrons. The highest BCUT2D eigenvalue weighted by Crippen LogP contribution is 2.39. The number of methoxy groups -OCH3 is 1. The number of likely N-dealkylation sites (tertiary alicyclic amines) is 1. The molecule has 0 bridgehead atoms. The number of carbonyl (C=O) groups is 2. The third-order valence-electron chi connectivity index (χ3n) is 6.40. The molecule has 7 heteroatoms. The van der Waals surface area contributed by atoms with Crippen LogP contribution in [0.2, 0.25) is 0 Å². The van der Waals surface area contributed by atoms with E-state index in [2.05, 4.69) is 13.8 Å². The molecule has 0 saturated carbocycles. The molecule has 0 aromatic heterocycles. The van der Waals surface area contributed by atoms with Gasteiger partial charge in [-0.15, -0.1) is 0 Å². The first-order chi connectivity index (χ1) is 16.4. The van der Waals surface area contributed by atoms with Crippen LogP contribution in [-0.2, 0) is 9.59 Å². The predicted molar refractivity (Wildman–Crippen MR) is 129 cm³/mol.